The maximum absolute atomic E-state index is 10.9. The van der Waals surface area contributed by atoms with Crippen molar-refractivity contribution in [3.8, 4) is 0 Å². The van der Waals surface area contributed by atoms with Gasteiger partial charge in [-0.3, -0.25) is 14.0 Å². The van der Waals surface area contributed by atoms with Crippen molar-refractivity contribution in [2.45, 2.75) is 24.8 Å². The van der Waals surface area contributed by atoms with Crippen LogP contribution in [0.1, 0.15) is 22.3 Å². The summed E-state index contributed by atoms with van der Waals surface area (Å²) in [5.41, 5.74) is 3.77. The molecule has 2 aromatic carbocycles. The first-order valence-electron chi connectivity index (χ1n) is 16.0. The topological polar surface area (TPSA) is 350 Å². The average Bonchev–Trinajstić information content (AvgIpc) is 3.10. The summed E-state index contributed by atoms with van der Waals surface area (Å²) in [6.45, 7) is 3.94. The minimum Gasteiger partial charge on any atom is 1.00 e. The molecule has 2 aromatic rings. The predicted molar refractivity (Wildman–Crippen MR) is 235 cm³/mol. The van der Waals surface area contributed by atoms with Crippen molar-refractivity contribution in [1.29, 1.82) is 0 Å². The van der Waals surface area contributed by atoms with Crippen molar-refractivity contribution >= 4 is 124 Å². The summed E-state index contributed by atoms with van der Waals surface area (Å²) >= 11 is 15.9. The van der Waals surface area contributed by atoms with Crippen LogP contribution in [0.25, 0.3) is 0 Å². The molecule has 2 rings (SSSR count). The summed E-state index contributed by atoms with van der Waals surface area (Å²) in [6, 6.07) is 14.8. The number of hydrogen-bond donors (Lipinski definition) is 3. The van der Waals surface area contributed by atoms with Gasteiger partial charge in [-0.15, -0.1) is 42.4 Å². The molecule has 0 amide bonds. The van der Waals surface area contributed by atoms with Crippen LogP contribution >= 0.6 is 63.2 Å². The minimum absolute atomic E-state index is 0. The van der Waals surface area contributed by atoms with Crippen molar-refractivity contribution in [2.75, 3.05) is 68.0 Å². The van der Waals surface area contributed by atoms with Gasteiger partial charge in [-0.1, -0.05) is 48.5 Å². The van der Waals surface area contributed by atoms with E-state index in [2.05, 4.69) is 52.2 Å². The van der Waals surface area contributed by atoms with Gasteiger partial charge in [0.1, 0.15) is 0 Å². The van der Waals surface area contributed by atoms with Crippen LogP contribution in [0, 0.1) is 6.92 Å². The molecule has 0 radical (unpaired) electrons. The number of benzene rings is 2. The Morgan fingerprint density at radius 2 is 0.797 bits per heavy atom. The SMILES string of the molecule is ClCc1ccc(CCl)cc1.O=S(=O)(O)CCNCCS(=O)(=O)O.O=S(=O)=O.[CH2-]CN(CCS(=O)(=O)[O-])Cc1ccc(CN(CCS(=O)(=O)[O-])CCS(=O)(=O)[O-])cc1.[I][V][I].[K+].[K+].[K+].[K+]. The molecule has 0 spiro atoms. The Labute approximate surface area is 588 Å². The van der Waals surface area contributed by atoms with E-state index in [1.807, 2.05) is 24.3 Å². The molecule has 0 saturated carbocycles. The zero-order valence-electron chi connectivity index (χ0n) is 35.2. The molecular weight excluding hydrogens is 1390 g/mol. The van der Waals surface area contributed by atoms with Crippen LogP contribution in [0.5, 0.6) is 0 Å². The third kappa shape index (κ3) is 66.7. The first-order chi connectivity index (χ1) is 27.4. The van der Waals surface area contributed by atoms with E-state index < -0.39 is 90.0 Å². The molecule has 0 saturated heterocycles. The third-order valence-electron chi connectivity index (χ3n) is 6.53. The van der Waals surface area contributed by atoms with Crippen molar-refractivity contribution in [1.82, 2.24) is 15.1 Å². The Bertz CT molecular complexity index is 2090. The maximum atomic E-state index is 10.9. The standard InChI is InChI=1S/C16H27N2O9S3.C8H8Cl2.C4H11NO6S2.2HI.4K.O3S.V/c1-2-17(7-10-28(19,20)21)13-15-3-5-16(6-4-15)14-18(8-11-29(22,23)24)9-12-30(25,26)27;9-5-7-1-2-8(6-10)4-3-7;6-12(7,8)3-1-5-2-4-13(9,10)11;;;;;;;1-4(2)3;/h3-6H,1-2,7-14H2,(H,19,20,21)(H,22,23,24)(H,25,26,27);1-4H,5-6H2;5H,1-4H2,(H,6,7,8)(H,9,10,11);2*1H;;;;;;/q-1;;;;;4*+1;;+2/p-5. The Kier molecular flexibility index (Phi) is 63.5. The molecule has 0 fully saturated rings. The Morgan fingerprint density at radius 1 is 0.562 bits per heavy atom. The van der Waals surface area contributed by atoms with E-state index in [0.717, 1.165) is 16.7 Å². The average molecular weight is 1430 g/mol. The molecule has 21 nitrogen and oxygen atoms in total. The minimum atomic E-state index is -4.50. The maximum Gasteiger partial charge on any atom is 1.00 e. The number of hydrogen-bond acceptors (Lipinski definition) is 19. The van der Waals surface area contributed by atoms with Crippen LogP contribution in [0.15, 0.2) is 48.5 Å². The number of rotatable bonds is 22. The normalized spacial score (nSPS) is 11.0. The van der Waals surface area contributed by atoms with Crippen molar-refractivity contribution in [3.63, 3.8) is 0 Å². The number of alkyl halides is 2. The van der Waals surface area contributed by atoms with Gasteiger partial charge in [0.25, 0.3) is 20.2 Å². The molecular formula is C28H43Cl2I2K4N3O18S6V. The fraction of sp³-hybridized carbons (Fsp3) is 0.536. The van der Waals surface area contributed by atoms with Crippen LogP contribution in [-0.2, 0) is 95.5 Å². The monoisotopic (exact) mass is 1430 g/mol. The van der Waals surface area contributed by atoms with Gasteiger partial charge in [-0.2, -0.15) is 16.8 Å². The first-order valence-corrected chi connectivity index (χ1v) is 35.0. The van der Waals surface area contributed by atoms with E-state index in [9.17, 15) is 55.7 Å². The van der Waals surface area contributed by atoms with E-state index in [0.29, 0.717) is 39.9 Å². The van der Waals surface area contributed by atoms with E-state index in [1.165, 1.54) is 4.90 Å². The van der Waals surface area contributed by atoms with Crippen molar-refractivity contribution in [2.24, 2.45) is 0 Å². The molecule has 0 heterocycles. The van der Waals surface area contributed by atoms with Gasteiger partial charge < -0.3 is 30.8 Å². The zero-order valence-corrected chi connectivity index (χ0v) is 59.8. The molecule has 36 heteroatoms. The largest absolute Gasteiger partial charge is 1.00 e. The molecule has 0 aliphatic carbocycles. The van der Waals surface area contributed by atoms with Gasteiger partial charge in [0, 0.05) is 57.6 Å². The molecule has 351 valence electrons. The molecule has 0 unspecified atom stereocenters. The molecule has 0 bridgehead atoms. The van der Waals surface area contributed by atoms with E-state index in [-0.39, 0.29) is 245 Å². The van der Waals surface area contributed by atoms with Crippen LogP contribution < -0.4 is 211 Å². The van der Waals surface area contributed by atoms with Gasteiger partial charge >= 0.3 is 266 Å². The summed E-state index contributed by atoms with van der Waals surface area (Å²) < 4.78 is 180. The molecule has 3 N–H and O–H groups in total. The zero-order chi connectivity index (χ0) is 47.2. The summed E-state index contributed by atoms with van der Waals surface area (Å²) in [5, 5.41) is 2.42. The predicted octanol–water partition coefficient (Wildman–Crippen LogP) is -10.9. The van der Waals surface area contributed by atoms with E-state index >= 15 is 0 Å². The summed E-state index contributed by atoms with van der Waals surface area (Å²) in [6.07, 6.45) is 0. The molecule has 0 aliphatic rings. The fourth-order valence-electron chi connectivity index (χ4n) is 3.77. The summed E-state index contributed by atoms with van der Waals surface area (Å²) in [4.78, 5) is 3.07. The second kappa shape index (κ2) is 48.1. The van der Waals surface area contributed by atoms with Gasteiger partial charge in [-0.05, 0) is 22.3 Å². The second-order valence-corrected chi connectivity index (χ2v) is 31.8. The molecule has 0 aromatic heterocycles. The first kappa shape index (κ1) is 84.6. The van der Waals surface area contributed by atoms with Crippen LogP contribution in [-0.4, -0.2) is 155 Å². The van der Waals surface area contributed by atoms with Gasteiger partial charge in [0.05, 0.1) is 59.1 Å². The van der Waals surface area contributed by atoms with Crippen LogP contribution in [0.3, 0.4) is 0 Å². The number of nitrogens with one attached hydrogen (secondary N) is 1. The van der Waals surface area contributed by atoms with E-state index in [1.54, 1.807) is 29.2 Å². The van der Waals surface area contributed by atoms with Crippen LogP contribution in [0.4, 0.5) is 0 Å². The van der Waals surface area contributed by atoms with Gasteiger partial charge in [0.2, 0.25) is 0 Å². The molecule has 64 heavy (non-hydrogen) atoms. The van der Waals surface area contributed by atoms with E-state index in [4.69, 9.17) is 44.9 Å². The quantitative estimate of drug-likeness (QED) is 0.0246. The van der Waals surface area contributed by atoms with Crippen molar-refractivity contribution in [3.05, 3.63) is 77.7 Å². The van der Waals surface area contributed by atoms with Crippen LogP contribution in [0.2, 0.25) is 0 Å². The third-order valence-corrected chi connectivity index (χ3v) is 10.6. The van der Waals surface area contributed by atoms with Crippen molar-refractivity contribution < 1.29 is 292 Å². The summed E-state index contributed by atoms with van der Waals surface area (Å²) in [7, 11) is -23.8. The van der Waals surface area contributed by atoms with Gasteiger partial charge in [0.15, 0.2) is 0 Å². The fourth-order valence-corrected chi connectivity index (χ4v) is 6.38. The van der Waals surface area contributed by atoms with Gasteiger partial charge in [-0.25, -0.2) is 25.3 Å². The summed E-state index contributed by atoms with van der Waals surface area (Å²) in [5.74, 6) is -1.79. The smallest absolute Gasteiger partial charge is 1.00 e. The second-order valence-electron chi connectivity index (χ2n) is 11.3. The Balaban J connectivity index is -0.000000158. The molecule has 0 aliphatic heterocycles. The Hall–Kier alpha value is 6.66. The molecule has 0 atom stereocenters. The Morgan fingerprint density at radius 3 is 1.02 bits per heavy atom. The number of nitrogens with zero attached hydrogens (tertiary/aromatic N) is 2. The number of halogens is 4.